The first-order valence-corrected chi connectivity index (χ1v) is 6.88. The van der Waals surface area contributed by atoms with Crippen LogP contribution in [0.25, 0.3) is 0 Å². The minimum atomic E-state index is -1.06. The molecule has 0 spiro atoms. The van der Waals surface area contributed by atoms with Crippen molar-refractivity contribution in [2.45, 2.75) is 31.4 Å². The lowest BCUT2D eigenvalue weighted by Crippen LogP contribution is -2.46. The molecule has 0 bridgehead atoms. The molecule has 1 heterocycles. The molecule has 1 saturated heterocycles. The van der Waals surface area contributed by atoms with Gasteiger partial charge in [-0.05, 0) is 30.5 Å². The Bertz CT molecular complexity index is 493. The van der Waals surface area contributed by atoms with E-state index in [1.54, 1.807) is 31.4 Å². The van der Waals surface area contributed by atoms with Gasteiger partial charge in [0.05, 0.1) is 7.11 Å². The maximum absolute atomic E-state index is 11.9. The summed E-state index contributed by atoms with van der Waals surface area (Å²) in [7, 11) is 1.57. The number of carboxylic acids is 1. The fourth-order valence-corrected chi connectivity index (χ4v) is 2.25. The molecule has 2 N–H and O–H groups in total. The summed E-state index contributed by atoms with van der Waals surface area (Å²) in [6, 6.07) is 6.13. The SMILES string of the molecule is COc1ccc(C[C@@H](NC(=O)[C@@H]2CCCO2)C(=O)O)cc1. The number of carbonyl (C=O) groups excluding carboxylic acids is 1. The van der Waals surface area contributed by atoms with Gasteiger partial charge < -0.3 is 19.9 Å². The molecule has 6 nitrogen and oxygen atoms in total. The highest BCUT2D eigenvalue weighted by atomic mass is 16.5. The second-order valence-electron chi connectivity index (χ2n) is 4.95. The number of benzene rings is 1. The van der Waals surface area contributed by atoms with Gasteiger partial charge in [-0.3, -0.25) is 4.79 Å². The Balaban J connectivity index is 1.97. The molecule has 1 aliphatic rings. The van der Waals surface area contributed by atoms with Gasteiger partial charge in [0.2, 0.25) is 5.91 Å². The molecule has 6 heteroatoms. The minimum Gasteiger partial charge on any atom is -0.497 e. The van der Waals surface area contributed by atoms with Gasteiger partial charge in [-0.25, -0.2) is 4.79 Å². The second-order valence-corrected chi connectivity index (χ2v) is 4.95. The maximum atomic E-state index is 11.9. The van der Waals surface area contributed by atoms with Gasteiger partial charge in [-0.15, -0.1) is 0 Å². The smallest absolute Gasteiger partial charge is 0.326 e. The third-order valence-corrected chi connectivity index (χ3v) is 3.44. The van der Waals surface area contributed by atoms with E-state index in [0.29, 0.717) is 18.8 Å². The molecule has 0 radical (unpaired) electrons. The van der Waals surface area contributed by atoms with Gasteiger partial charge in [0.25, 0.3) is 0 Å². The van der Waals surface area contributed by atoms with Crippen LogP contribution in [0.1, 0.15) is 18.4 Å². The van der Waals surface area contributed by atoms with Gasteiger partial charge in [0.15, 0.2) is 0 Å². The molecule has 2 rings (SSSR count). The van der Waals surface area contributed by atoms with Gasteiger partial charge in [-0.1, -0.05) is 12.1 Å². The Morgan fingerprint density at radius 1 is 1.43 bits per heavy atom. The fraction of sp³-hybridized carbons (Fsp3) is 0.467. The number of hydrogen-bond donors (Lipinski definition) is 2. The zero-order valence-electron chi connectivity index (χ0n) is 11.9. The number of amides is 1. The fourth-order valence-electron chi connectivity index (χ4n) is 2.25. The molecular formula is C15H19NO5. The molecule has 0 aromatic heterocycles. The Morgan fingerprint density at radius 2 is 2.14 bits per heavy atom. The van der Waals surface area contributed by atoms with Crippen LogP contribution in [0.3, 0.4) is 0 Å². The molecule has 2 atom stereocenters. The molecule has 0 unspecified atom stereocenters. The van der Waals surface area contributed by atoms with Crippen molar-refractivity contribution in [1.29, 1.82) is 0 Å². The lowest BCUT2D eigenvalue weighted by atomic mass is 10.1. The van der Waals surface area contributed by atoms with Crippen LogP contribution < -0.4 is 10.1 Å². The van der Waals surface area contributed by atoms with Gasteiger partial charge >= 0.3 is 5.97 Å². The van der Waals surface area contributed by atoms with Gasteiger partial charge in [0, 0.05) is 13.0 Å². The molecule has 1 aromatic carbocycles. The van der Waals surface area contributed by atoms with E-state index in [4.69, 9.17) is 9.47 Å². The third kappa shape index (κ3) is 4.19. The Kier molecular flexibility index (Phi) is 5.16. The zero-order chi connectivity index (χ0) is 15.2. The second kappa shape index (κ2) is 7.08. The number of carbonyl (C=O) groups is 2. The zero-order valence-corrected chi connectivity index (χ0v) is 11.9. The van der Waals surface area contributed by atoms with E-state index in [2.05, 4.69) is 5.32 Å². The summed E-state index contributed by atoms with van der Waals surface area (Å²) >= 11 is 0. The molecule has 0 aliphatic carbocycles. The summed E-state index contributed by atoms with van der Waals surface area (Å²) in [6.45, 7) is 0.550. The van der Waals surface area contributed by atoms with Crippen LogP contribution >= 0.6 is 0 Å². The lowest BCUT2D eigenvalue weighted by molar-refractivity contribution is -0.143. The summed E-state index contributed by atoms with van der Waals surface area (Å²) in [5.74, 6) is -0.709. The number of carboxylic acid groups (broad SMARTS) is 1. The maximum Gasteiger partial charge on any atom is 0.326 e. The van der Waals surface area contributed by atoms with Crippen molar-refractivity contribution in [2.75, 3.05) is 13.7 Å². The summed E-state index contributed by atoms with van der Waals surface area (Å²) in [4.78, 5) is 23.2. The number of hydrogen-bond acceptors (Lipinski definition) is 4. The summed E-state index contributed by atoms with van der Waals surface area (Å²) in [5.41, 5.74) is 0.816. The van der Waals surface area contributed by atoms with E-state index in [9.17, 15) is 14.7 Å². The molecule has 21 heavy (non-hydrogen) atoms. The van der Waals surface area contributed by atoms with Crippen LogP contribution in [0.2, 0.25) is 0 Å². The van der Waals surface area contributed by atoms with E-state index in [0.717, 1.165) is 12.0 Å². The quantitative estimate of drug-likeness (QED) is 0.817. The average Bonchev–Trinajstić information content (AvgIpc) is 3.01. The molecule has 0 saturated carbocycles. The first-order valence-electron chi connectivity index (χ1n) is 6.88. The highest BCUT2D eigenvalue weighted by Gasteiger charge is 2.28. The summed E-state index contributed by atoms with van der Waals surface area (Å²) < 4.78 is 10.3. The lowest BCUT2D eigenvalue weighted by Gasteiger charge is -2.17. The number of rotatable bonds is 6. The molecule has 1 amide bonds. The molecular weight excluding hydrogens is 274 g/mol. The third-order valence-electron chi connectivity index (χ3n) is 3.44. The predicted molar refractivity (Wildman–Crippen MR) is 75.2 cm³/mol. The Labute approximate surface area is 123 Å². The highest BCUT2D eigenvalue weighted by molar-refractivity contribution is 5.86. The van der Waals surface area contributed by atoms with Crippen molar-refractivity contribution < 1.29 is 24.2 Å². The van der Waals surface area contributed by atoms with Crippen LogP contribution in [0.5, 0.6) is 5.75 Å². The number of nitrogens with one attached hydrogen (secondary N) is 1. The summed E-state index contributed by atoms with van der Waals surface area (Å²) in [6.07, 6.45) is 1.16. The van der Waals surface area contributed by atoms with E-state index in [1.807, 2.05) is 0 Å². The topological polar surface area (TPSA) is 84.9 Å². The van der Waals surface area contributed by atoms with E-state index in [1.165, 1.54) is 0 Å². The molecule has 1 aliphatic heterocycles. The normalized spacial score (nSPS) is 19.0. The predicted octanol–water partition coefficient (Wildman–Crippen LogP) is 0.986. The molecule has 114 valence electrons. The van der Waals surface area contributed by atoms with Crippen molar-refractivity contribution in [1.82, 2.24) is 5.32 Å². The first kappa shape index (κ1) is 15.3. The summed E-state index contributed by atoms with van der Waals surface area (Å²) in [5, 5.41) is 11.8. The van der Waals surface area contributed by atoms with Crippen molar-refractivity contribution in [3.63, 3.8) is 0 Å². The van der Waals surface area contributed by atoms with Crippen LogP contribution in [0.15, 0.2) is 24.3 Å². The Hall–Kier alpha value is -2.08. The number of methoxy groups -OCH3 is 1. The van der Waals surface area contributed by atoms with Crippen LogP contribution in [-0.4, -0.2) is 42.8 Å². The first-order chi connectivity index (χ1) is 10.1. The number of ether oxygens (including phenoxy) is 2. The molecule has 1 aromatic rings. The Morgan fingerprint density at radius 3 is 2.67 bits per heavy atom. The van der Waals surface area contributed by atoms with E-state index in [-0.39, 0.29) is 12.3 Å². The van der Waals surface area contributed by atoms with Crippen LogP contribution in [-0.2, 0) is 20.7 Å². The van der Waals surface area contributed by atoms with Gasteiger partial charge in [-0.2, -0.15) is 0 Å². The van der Waals surface area contributed by atoms with Crippen molar-refractivity contribution in [2.24, 2.45) is 0 Å². The largest absolute Gasteiger partial charge is 0.497 e. The van der Waals surface area contributed by atoms with Crippen LogP contribution in [0.4, 0.5) is 0 Å². The van der Waals surface area contributed by atoms with Crippen molar-refractivity contribution in [3.8, 4) is 5.75 Å². The molecule has 1 fully saturated rings. The van der Waals surface area contributed by atoms with Crippen molar-refractivity contribution in [3.05, 3.63) is 29.8 Å². The minimum absolute atomic E-state index is 0.220. The number of aliphatic carboxylic acids is 1. The van der Waals surface area contributed by atoms with Crippen molar-refractivity contribution >= 4 is 11.9 Å². The highest BCUT2D eigenvalue weighted by Crippen LogP contribution is 2.14. The van der Waals surface area contributed by atoms with Gasteiger partial charge in [0.1, 0.15) is 17.9 Å². The van der Waals surface area contributed by atoms with Crippen LogP contribution in [0, 0.1) is 0 Å². The monoisotopic (exact) mass is 293 g/mol. The average molecular weight is 293 g/mol. The van der Waals surface area contributed by atoms with E-state index >= 15 is 0 Å². The standard InChI is InChI=1S/C15H19NO5/c1-20-11-6-4-10(5-7-11)9-12(15(18)19)16-14(17)13-3-2-8-21-13/h4-7,12-13H,2-3,8-9H2,1H3,(H,16,17)(H,18,19)/t12-,13+/m1/s1. The van der Waals surface area contributed by atoms with E-state index < -0.39 is 18.1 Å².